The average Bonchev–Trinajstić information content (AvgIpc) is 2.99. The fraction of sp³-hybridized carbons (Fsp3) is 0.647. The molecule has 2 unspecified atom stereocenters. The first-order chi connectivity index (χ1) is 9.86. The molecule has 0 bridgehead atoms. The summed E-state index contributed by atoms with van der Waals surface area (Å²) in [5, 5.41) is 3.44. The zero-order valence-electron chi connectivity index (χ0n) is 12.5. The molecule has 110 valence electrons. The van der Waals surface area contributed by atoms with E-state index in [0.29, 0.717) is 0 Å². The maximum Gasteiger partial charge on any atom is 0.119 e. The Morgan fingerprint density at radius 2 is 1.90 bits per heavy atom. The highest BCUT2D eigenvalue weighted by atomic mass is 16.5. The predicted molar refractivity (Wildman–Crippen MR) is 82.4 cm³/mol. The normalized spacial score (nSPS) is 27.6. The number of piperazine rings is 1. The second kappa shape index (κ2) is 6.59. The van der Waals surface area contributed by atoms with E-state index in [1.54, 1.807) is 0 Å². The highest BCUT2D eigenvalue weighted by Crippen LogP contribution is 2.37. The summed E-state index contributed by atoms with van der Waals surface area (Å²) >= 11 is 0. The lowest BCUT2D eigenvalue weighted by molar-refractivity contribution is 0.174. The molecule has 3 heteroatoms. The lowest BCUT2D eigenvalue weighted by Gasteiger charge is -2.32. The third-order valence-electron chi connectivity index (χ3n) is 4.74. The molecule has 0 spiro atoms. The summed E-state index contributed by atoms with van der Waals surface area (Å²) in [5.74, 6) is 1.73. The van der Waals surface area contributed by atoms with Gasteiger partial charge in [-0.15, -0.1) is 0 Å². The van der Waals surface area contributed by atoms with E-state index in [0.717, 1.165) is 37.4 Å². The average molecular weight is 274 g/mol. The Morgan fingerprint density at radius 3 is 2.60 bits per heavy atom. The summed E-state index contributed by atoms with van der Waals surface area (Å²) < 4.78 is 5.52. The van der Waals surface area contributed by atoms with Gasteiger partial charge < -0.3 is 10.1 Å². The van der Waals surface area contributed by atoms with Crippen molar-refractivity contribution in [1.82, 2.24) is 10.2 Å². The smallest absolute Gasteiger partial charge is 0.119 e. The molecular formula is C17H26N2O. The van der Waals surface area contributed by atoms with Gasteiger partial charge in [0.15, 0.2) is 0 Å². The minimum Gasteiger partial charge on any atom is -0.494 e. The van der Waals surface area contributed by atoms with Crippen LogP contribution in [-0.2, 0) is 0 Å². The Hall–Kier alpha value is -1.06. The third-order valence-corrected chi connectivity index (χ3v) is 4.74. The molecule has 2 atom stereocenters. The minimum absolute atomic E-state index is 0.741. The van der Waals surface area contributed by atoms with Crippen LogP contribution in [0.3, 0.4) is 0 Å². The van der Waals surface area contributed by atoms with Gasteiger partial charge in [-0.3, -0.25) is 4.90 Å². The maximum atomic E-state index is 5.52. The lowest BCUT2D eigenvalue weighted by atomic mass is 9.97. The molecule has 1 aromatic rings. The number of nitrogens with one attached hydrogen (secondary N) is 1. The standard InChI is InChI=1S/C17H26N2O/c1-2-20-17-7-4-14(5-8-17)15-3-6-16(13-15)19-11-9-18-10-12-19/h4-5,7-8,15-16,18H,2-3,6,9-13H2,1H3. The summed E-state index contributed by atoms with van der Waals surface area (Å²) in [5.41, 5.74) is 1.49. The summed E-state index contributed by atoms with van der Waals surface area (Å²) in [4.78, 5) is 2.69. The molecule has 1 aromatic carbocycles. The van der Waals surface area contributed by atoms with E-state index in [-0.39, 0.29) is 0 Å². The van der Waals surface area contributed by atoms with Crippen LogP contribution < -0.4 is 10.1 Å². The Labute approximate surface area is 122 Å². The molecule has 1 aliphatic carbocycles. The Kier molecular flexibility index (Phi) is 4.58. The first kappa shape index (κ1) is 13.9. The molecule has 0 aromatic heterocycles. The zero-order chi connectivity index (χ0) is 13.8. The number of benzene rings is 1. The van der Waals surface area contributed by atoms with E-state index in [1.807, 2.05) is 6.92 Å². The van der Waals surface area contributed by atoms with Crippen LogP contribution in [0, 0.1) is 0 Å². The van der Waals surface area contributed by atoms with Crippen molar-refractivity contribution in [2.24, 2.45) is 0 Å². The molecule has 20 heavy (non-hydrogen) atoms. The monoisotopic (exact) mass is 274 g/mol. The number of rotatable bonds is 4. The van der Waals surface area contributed by atoms with E-state index in [4.69, 9.17) is 4.74 Å². The molecule has 1 heterocycles. The number of hydrogen-bond donors (Lipinski definition) is 1. The van der Waals surface area contributed by atoms with Crippen molar-refractivity contribution in [1.29, 1.82) is 0 Å². The van der Waals surface area contributed by atoms with Gasteiger partial charge in [-0.05, 0) is 49.8 Å². The molecular weight excluding hydrogens is 248 g/mol. The van der Waals surface area contributed by atoms with Crippen molar-refractivity contribution in [2.75, 3.05) is 32.8 Å². The second-order valence-corrected chi connectivity index (χ2v) is 5.95. The summed E-state index contributed by atoms with van der Waals surface area (Å²) in [7, 11) is 0. The van der Waals surface area contributed by atoms with Crippen LogP contribution in [0.4, 0.5) is 0 Å². The maximum absolute atomic E-state index is 5.52. The van der Waals surface area contributed by atoms with Gasteiger partial charge in [-0.2, -0.15) is 0 Å². The topological polar surface area (TPSA) is 24.5 Å². The number of ether oxygens (including phenoxy) is 1. The van der Waals surface area contributed by atoms with Crippen LogP contribution in [0.1, 0.15) is 37.7 Å². The number of nitrogens with zero attached hydrogens (tertiary/aromatic N) is 1. The van der Waals surface area contributed by atoms with Crippen molar-refractivity contribution in [3.8, 4) is 5.75 Å². The van der Waals surface area contributed by atoms with Gasteiger partial charge >= 0.3 is 0 Å². The van der Waals surface area contributed by atoms with Crippen LogP contribution in [-0.4, -0.2) is 43.7 Å². The van der Waals surface area contributed by atoms with Crippen molar-refractivity contribution in [2.45, 2.75) is 38.1 Å². The molecule has 2 fully saturated rings. The van der Waals surface area contributed by atoms with Crippen molar-refractivity contribution < 1.29 is 4.74 Å². The fourth-order valence-corrected chi connectivity index (χ4v) is 3.64. The van der Waals surface area contributed by atoms with Crippen molar-refractivity contribution in [3.05, 3.63) is 29.8 Å². The van der Waals surface area contributed by atoms with Crippen molar-refractivity contribution in [3.63, 3.8) is 0 Å². The quantitative estimate of drug-likeness (QED) is 0.913. The second-order valence-electron chi connectivity index (χ2n) is 5.95. The molecule has 0 amide bonds. The van der Waals surface area contributed by atoms with E-state index in [1.165, 1.54) is 37.9 Å². The van der Waals surface area contributed by atoms with E-state index < -0.39 is 0 Å². The molecule has 3 nitrogen and oxygen atoms in total. The first-order valence-electron chi connectivity index (χ1n) is 8.04. The van der Waals surface area contributed by atoms with Gasteiger partial charge in [0, 0.05) is 32.2 Å². The van der Waals surface area contributed by atoms with Gasteiger partial charge in [0.25, 0.3) is 0 Å². The molecule has 2 aliphatic rings. The first-order valence-corrected chi connectivity index (χ1v) is 8.04. The Bertz CT molecular complexity index is 412. The highest BCUT2D eigenvalue weighted by Gasteiger charge is 2.30. The molecule has 3 rings (SSSR count). The van der Waals surface area contributed by atoms with E-state index in [9.17, 15) is 0 Å². The SMILES string of the molecule is CCOc1ccc(C2CCC(N3CCNCC3)C2)cc1. The van der Waals surface area contributed by atoms with Crippen LogP contribution >= 0.6 is 0 Å². The Morgan fingerprint density at radius 1 is 1.15 bits per heavy atom. The van der Waals surface area contributed by atoms with Crippen molar-refractivity contribution >= 4 is 0 Å². The number of hydrogen-bond acceptors (Lipinski definition) is 3. The van der Waals surface area contributed by atoms with E-state index in [2.05, 4.69) is 34.5 Å². The zero-order valence-corrected chi connectivity index (χ0v) is 12.5. The van der Waals surface area contributed by atoms with Gasteiger partial charge in [-0.25, -0.2) is 0 Å². The van der Waals surface area contributed by atoms with Gasteiger partial charge in [-0.1, -0.05) is 12.1 Å². The van der Waals surface area contributed by atoms with Gasteiger partial charge in [0.05, 0.1) is 6.61 Å². The van der Waals surface area contributed by atoms with Crippen LogP contribution in [0.25, 0.3) is 0 Å². The Balaban J connectivity index is 1.58. The summed E-state index contributed by atoms with van der Waals surface area (Å²) in [6.45, 7) is 7.53. The summed E-state index contributed by atoms with van der Waals surface area (Å²) in [6.07, 6.45) is 4.02. The largest absolute Gasteiger partial charge is 0.494 e. The third kappa shape index (κ3) is 3.15. The molecule has 1 N–H and O–H groups in total. The predicted octanol–water partition coefficient (Wildman–Crippen LogP) is 2.63. The highest BCUT2D eigenvalue weighted by molar-refractivity contribution is 5.30. The lowest BCUT2D eigenvalue weighted by Crippen LogP contribution is -2.47. The van der Waals surface area contributed by atoms with Gasteiger partial charge in [0.2, 0.25) is 0 Å². The fourth-order valence-electron chi connectivity index (χ4n) is 3.64. The van der Waals surface area contributed by atoms with Crippen LogP contribution in [0.2, 0.25) is 0 Å². The molecule has 1 saturated heterocycles. The van der Waals surface area contributed by atoms with Gasteiger partial charge in [0.1, 0.15) is 5.75 Å². The summed E-state index contributed by atoms with van der Waals surface area (Å²) in [6, 6.07) is 9.56. The van der Waals surface area contributed by atoms with Crippen LogP contribution in [0.15, 0.2) is 24.3 Å². The molecule has 0 radical (unpaired) electrons. The minimum atomic E-state index is 0.741. The van der Waals surface area contributed by atoms with E-state index >= 15 is 0 Å². The molecule has 1 aliphatic heterocycles. The van der Waals surface area contributed by atoms with Crippen LogP contribution in [0.5, 0.6) is 5.75 Å². The molecule has 1 saturated carbocycles.